The van der Waals surface area contributed by atoms with Crippen molar-refractivity contribution in [2.45, 2.75) is 12.2 Å². The second-order valence-corrected chi connectivity index (χ2v) is 2.78. The molecule has 0 aromatic rings. The number of fused-ring (bicyclic) bond motifs is 2. The number of aliphatic hydroxyl groups is 1. The Kier molecular flexibility index (Phi) is 1.22. The molecule has 9 heavy (non-hydrogen) atoms. The van der Waals surface area contributed by atoms with Crippen LogP contribution in [0.1, 0.15) is 0 Å². The van der Waals surface area contributed by atoms with Crippen LogP contribution in [0.5, 0.6) is 0 Å². The monoisotopic (exact) mass is 129 g/mol. The van der Waals surface area contributed by atoms with Gasteiger partial charge < -0.3 is 15.2 Å². The summed E-state index contributed by atoms with van der Waals surface area (Å²) >= 11 is 0. The molecule has 2 rings (SSSR count). The highest BCUT2D eigenvalue weighted by molar-refractivity contribution is 4.90. The summed E-state index contributed by atoms with van der Waals surface area (Å²) in [6.07, 6.45) is -0.130. The van der Waals surface area contributed by atoms with Gasteiger partial charge in [-0.05, 0) is 0 Å². The average Bonchev–Trinajstić information content (AvgIpc) is 2.19. The Balaban J connectivity index is 2.10. The van der Waals surface area contributed by atoms with E-state index in [0.717, 1.165) is 19.7 Å². The molecule has 2 aliphatic rings. The van der Waals surface area contributed by atoms with Crippen LogP contribution in [0.2, 0.25) is 0 Å². The van der Waals surface area contributed by atoms with Crippen LogP contribution in [0, 0.1) is 5.92 Å². The Labute approximate surface area is 54.0 Å². The Hall–Kier alpha value is -0.120. The first-order valence-electron chi connectivity index (χ1n) is 3.38. The molecule has 2 saturated heterocycles. The van der Waals surface area contributed by atoms with Crippen molar-refractivity contribution in [1.29, 1.82) is 0 Å². The van der Waals surface area contributed by atoms with Crippen molar-refractivity contribution >= 4 is 0 Å². The molecule has 3 atom stereocenters. The summed E-state index contributed by atoms with van der Waals surface area (Å²) in [5.74, 6) is 0.351. The normalized spacial score (nSPS) is 49.7. The molecule has 3 nitrogen and oxygen atoms in total. The molecule has 0 unspecified atom stereocenters. The standard InChI is InChI=1S/C6H11NO2/c8-6-4-1-7-2-5(6)9-3-4/h4-8H,1-3H2/t4-,5+,6-/m0/s1. The third kappa shape index (κ3) is 0.764. The highest BCUT2D eigenvalue weighted by Gasteiger charge is 2.38. The summed E-state index contributed by atoms with van der Waals surface area (Å²) in [5, 5.41) is 12.5. The van der Waals surface area contributed by atoms with Gasteiger partial charge in [0.05, 0.1) is 18.8 Å². The largest absolute Gasteiger partial charge is 0.390 e. The Morgan fingerprint density at radius 2 is 2.33 bits per heavy atom. The van der Waals surface area contributed by atoms with E-state index in [4.69, 9.17) is 4.74 Å². The molecular weight excluding hydrogens is 118 g/mol. The highest BCUT2D eigenvalue weighted by Crippen LogP contribution is 2.22. The molecule has 2 heterocycles. The number of piperidine rings is 1. The zero-order valence-corrected chi connectivity index (χ0v) is 5.21. The van der Waals surface area contributed by atoms with Crippen molar-refractivity contribution in [2.24, 2.45) is 5.92 Å². The van der Waals surface area contributed by atoms with E-state index in [0.29, 0.717) is 5.92 Å². The van der Waals surface area contributed by atoms with Crippen molar-refractivity contribution in [2.75, 3.05) is 19.7 Å². The maximum atomic E-state index is 9.34. The van der Waals surface area contributed by atoms with Crippen LogP contribution in [0.3, 0.4) is 0 Å². The number of ether oxygens (including phenoxy) is 1. The molecular formula is C6H11NO2. The third-order valence-electron chi connectivity index (χ3n) is 2.14. The Morgan fingerprint density at radius 1 is 1.44 bits per heavy atom. The van der Waals surface area contributed by atoms with Gasteiger partial charge >= 0.3 is 0 Å². The van der Waals surface area contributed by atoms with Crippen molar-refractivity contribution in [3.8, 4) is 0 Å². The van der Waals surface area contributed by atoms with E-state index in [1.54, 1.807) is 0 Å². The minimum atomic E-state index is -0.203. The van der Waals surface area contributed by atoms with Gasteiger partial charge in [-0.15, -0.1) is 0 Å². The third-order valence-corrected chi connectivity index (χ3v) is 2.14. The molecule has 2 fully saturated rings. The van der Waals surface area contributed by atoms with Crippen LogP contribution in [0.4, 0.5) is 0 Å². The van der Waals surface area contributed by atoms with Crippen LogP contribution < -0.4 is 5.32 Å². The molecule has 0 saturated carbocycles. The number of rotatable bonds is 0. The van der Waals surface area contributed by atoms with Crippen LogP contribution in [-0.4, -0.2) is 37.0 Å². The van der Waals surface area contributed by atoms with Crippen LogP contribution >= 0.6 is 0 Å². The van der Waals surface area contributed by atoms with E-state index >= 15 is 0 Å². The summed E-state index contributed by atoms with van der Waals surface area (Å²) in [6, 6.07) is 0. The van der Waals surface area contributed by atoms with Gasteiger partial charge in [0.1, 0.15) is 0 Å². The maximum absolute atomic E-state index is 9.34. The first kappa shape index (κ1) is 5.65. The lowest BCUT2D eigenvalue weighted by Gasteiger charge is -2.23. The summed E-state index contributed by atoms with van der Waals surface area (Å²) in [6.45, 7) is 2.47. The lowest BCUT2D eigenvalue weighted by Crippen LogP contribution is -2.45. The predicted molar refractivity (Wildman–Crippen MR) is 32.1 cm³/mol. The first-order chi connectivity index (χ1) is 4.38. The SMILES string of the molecule is O[C@H]1[C@H]2CNC[C@H]1OC2. The highest BCUT2D eigenvalue weighted by atomic mass is 16.5. The molecule has 0 spiro atoms. The van der Waals surface area contributed by atoms with Crippen molar-refractivity contribution in [3.63, 3.8) is 0 Å². The Bertz CT molecular complexity index is 102. The first-order valence-corrected chi connectivity index (χ1v) is 3.38. The van der Waals surface area contributed by atoms with Gasteiger partial charge in [0, 0.05) is 19.0 Å². The second-order valence-electron chi connectivity index (χ2n) is 2.78. The van der Waals surface area contributed by atoms with Crippen molar-refractivity contribution in [1.82, 2.24) is 5.32 Å². The van der Waals surface area contributed by atoms with Crippen LogP contribution in [0.15, 0.2) is 0 Å². The summed E-state index contributed by atoms with van der Waals surface area (Å²) in [4.78, 5) is 0. The van der Waals surface area contributed by atoms with Gasteiger partial charge in [-0.3, -0.25) is 0 Å². The van der Waals surface area contributed by atoms with Gasteiger partial charge in [0.2, 0.25) is 0 Å². The van der Waals surface area contributed by atoms with E-state index in [9.17, 15) is 5.11 Å². The van der Waals surface area contributed by atoms with Gasteiger partial charge in [0.25, 0.3) is 0 Å². The maximum Gasteiger partial charge on any atom is 0.0962 e. The topological polar surface area (TPSA) is 41.5 Å². The quantitative estimate of drug-likeness (QED) is 0.439. The van der Waals surface area contributed by atoms with Crippen molar-refractivity contribution < 1.29 is 9.84 Å². The van der Waals surface area contributed by atoms with E-state index in [-0.39, 0.29) is 12.2 Å². The number of aliphatic hydroxyl groups excluding tert-OH is 1. The van der Waals surface area contributed by atoms with Gasteiger partial charge in [-0.25, -0.2) is 0 Å². The molecule has 2 bridgehead atoms. The van der Waals surface area contributed by atoms with Crippen LogP contribution in [-0.2, 0) is 4.74 Å². The van der Waals surface area contributed by atoms with Gasteiger partial charge in [-0.1, -0.05) is 0 Å². The van der Waals surface area contributed by atoms with E-state index < -0.39 is 0 Å². The molecule has 0 radical (unpaired) electrons. The molecule has 0 aromatic heterocycles. The zero-order chi connectivity index (χ0) is 6.27. The summed E-state index contributed by atoms with van der Waals surface area (Å²) in [5.41, 5.74) is 0. The molecule has 0 amide bonds. The second kappa shape index (κ2) is 1.94. The zero-order valence-electron chi connectivity index (χ0n) is 5.21. The minimum absolute atomic E-state index is 0.0729. The van der Waals surface area contributed by atoms with E-state index in [1.807, 2.05) is 0 Å². The fourth-order valence-corrected chi connectivity index (χ4v) is 1.52. The number of nitrogens with one attached hydrogen (secondary N) is 1. The molecule has 3 heteroatoms. The molecule has 2 aliphatic heterocycles. The lowest BCUT2D eigenvalue weighted by molar-refractivity contribution is 0.0298. The lowest BCUT2D eigenvalue weighted by atomic mass is 9.98. The van der Waals surface area contributed by atoms with E-state index in [1.165, 1.54) is 0 Å². The van der Waals surface area contributed by atoms with Gasteiger partial charge in [0.15, 0.2) is 0 Å². The van der Waals surface area contributed by atoms with Gasteiger partial charge in [-0.2, -0.15) is 0 Å². The molecule has 2 N–H and O–H groups in total. The number of hydrogen-bond donors (Lipinski definition) is 2. The number of hydrogen-bond acceptors (Lipinski definition) is 3. The molecule has 0 aromatic carbocycles. The smallest absolute Gasteiger partial charge is 0.0962 e. The van der Waals surface area contributed by atoms with Crippen molar-refractivity contribution in [3.05, 3.63) is 0 Å². The average molecular weight is 129 g/mol. The summed E-state index contributed by atoms with van der Waals surface area (Å²) < 4.78 is 5.28. The Morgan fingerprint density at radius 3 is 3.00 bits per heavy atom. The minimum Gasteiger partial charge on any atom is -0.390 e. The molecule has 52 valence electrons. The predicted octanol–water partition coefficient (Wildman–Crippen LogP) is -1.03. The van der Waals surface area contributed by atoms with E-state index in [2.05, 4.69) is 5.32 Å². The summed E-state index contributed by atoms with van der Waals surface area (Å²) in [7, 11) is 0. The fourth-order valence-electron chi connectivity index (χ4n) is 1.52. The van der Waals surface area contributed by atoms with Crippen LogP contribution in [0.25, 0.3) is 0 Å². The fraction of sp³-hybridized carbons (Fsp3) is 1.00. The molecule has 0 aliphatic carbocycles.